The Kier molecular flexibility index (Phi) is 6.19. The lowest BCUT2D eigenvalue weighted by molar-refractivity contribution is 0.0600. The van der Waals surface area contributed by atoms with Crippen LogP contribution in [0.15, 0.2) is 78.2 Å². The zero-order valence-electron chi connectivity index (χ0n) is 18.4. The predicted octanol–water partition coefficient (Wildman–Crippen LogP) is 3.92. The second-order valence-corrected chi connectivity index (χ2v) is 7.36. The summed E-state index contributed by atoms with van der Waals surface area (Å²) in [4.78, 5) is 24.3. The smallest absolute Gasteiger partial charge is 0.343 e. The van der Waals surface area contributed by atoms with Crippen LogP contribution in [-0.4, -0.2) is 26.2 Å². The van der Waals surface area contributed by atoms with Gasteiger partial charge in [-0.15, -0.1) is 0 Å². The fraction of sp³-hybridized carbons (Fsp3) is 0.115. The molecule has 1 aliphatic heterocycles. The van der Waals surface area contributed by atoms with Crippen molar-refractivity contribution >= 4 is 11.9 Å². The highest BCUT2D eigenvalue weighted by Gasteiger charge is 2.31. The standard InChI is InChI=1S/C26H20N2O6/c1-31-18-9-7-17(8-10-18)26(30)33-19-11-12-20-22(13-19)34-24(28)21(14-27)23(20)15-3-5-16(6-4-15)25(29)32-2/h3-13,23H,28H2,1-2H3. The molecule has 3 aromatic rings. The number of fused-ring (bicyclic) bond motifs is 1. The van der Waals surface area contributed by atoms with Crippen LogP contribution in [-0.2, 0) is 4.74 Å². The van der Waals surface area contributed by atoms with Crippen LogP contribution in [0.4, 0.5) is 0 Å². The van der Waals surface area contributed by atoms with Crippen molar-refractivity contribution in [2.45, 2.75) is 5.92 Å². The number of methoxy groups -OCH3 is 2. The quantitative estimate of drug-likeness (QED) is 0.453. The molecule has 34 heavy (non-hydrogen) atoms. The minimum absolute atomic E-state index is 0.0457. The summed E-state index contributed by atoms with van der Waals surface area (Å²) >= 11 is 0. The summed E-state index contributed by atoms with van der Waals surface area (Å²) in [6.07, 6.45) is 0. The molecule has 1 atom stereocenters. The minimum atomic E-state index is -0.547. The SMILES string of the molecule is COC(=O)c1ccc(C2C(C#N)=C(N)Oc3cc(OC(=O)c4ccc(OC)cc4)ccc32)cc1. The molecule has 0 saturated heterocycles. The van der Waals surface area contributed by atoms with Gasteiger partial charge in [-0.25, -0.2) is 9.59 Å². The Balaban J connectivity index is 1.64. The van der Waals surface area contributed by atoms with Crippen LogP contribution in [0.25, 0.3) is 0 Å². The molecule has 1 aliphatic rings. The molecule has 2 N–H and O–H groups in total. The largest absolute Gasteiger partial charge is 0.497 e. The monoisotopic (exact) mass is 456 g/mol. The molecular weight excluding hydrogens is 436 g/mol. The van der Waals surface area contributed by atoms with Crippen LogP contribution in [0.3, 0.4) is 0 Å². The van der Waals surface area contributed by atoms with Crippen molar-refractivity contribution in [3.8, 4) is 23.3 Å². The van der Waals surface area contributed by atoms with Crippen LogP contribution < -0.4 is 19.9 Å². The number of nitriles is 1. The van der Waals surface area contributed by atoms with Crippen molar-refractivity contribution in [2.24, 2.45) is 5.73 Å². The third kappa shape index (κ3) is 4.27. The Hall–Kier alpha value is -4.77. The molecule has 8 nitrogen and oxygen atoms in total. The molecule has 0 amide bonds. The molecule has 3 aromatic carbocycles. The van der Waals surface area contributed by atoms with Crippen LogP contribution >= 0.6 is 0 Å². The molecule has 0 spiro atoms. The number of esters is 2. The molecule has 0 aliphatic carbocycles. The van der Waals surface area contributed by atoms with Crippen LogP contribution in [0.2, 0.25) is 0 Å². The van der Waals surface area contributed by atoms with Crippen LogP contribution in [0.1, 0.15) is 37.8 Å². The van der Waals surface area contributed by atoms with Gasteiger partial charge in [0.25, 0.3) is 0 Å². The van der Waals surface area contributed by atoms with Gasteiger partial charge in [-0.1, -0.05) is 18.2 Å². The van der Waals surface area contributed by atoms with E-state index >= 15 is 0 Å². The molecule has 0 radical (unpaired) electrons. The van der Waals surface area contributed by atoms with E-state index in [1.165, 1.54) is 7.11 Å². The lowest BCUT2D eigenvalue weighted by atomic mass is 9.83. The lowest BCUT2D eigenvalue weighted by Gasteiger charge is -2.26. The number of carbonyl (C=O) groups is 2. The Bertz CT molecular complexity index is 1320. The summed E-state index contributed by atoms with van der Waals surface area (Å²) in [6, 6.07) is 20.2. The molecular formula is C26H20N2O6. The summed E-state index contributed by atoms with van der Waals surface area (Å²) in [7, 11) is 2.85. The first-order valence-corrected chi connectivity index (χ1v) is 10.2. The lowest BCUT2D eigenvalue weighted by Crippen LogP contribution is -2.21. The van der Waals surface area contributed by atoms with Gasteiger partial charge in [0.1, 0.15) is 28.9 Å². The molecule has 4 rings (SSSR count). The average molecular weight is 456 g/mol. The van der Waals surface area contributed by atoms with Gasteiger partial charge in [-0.05, 0) is 48.0 Å². The van der Waals surface area contributed by atoms with Crippen LogP contribution in [0, 0.1) is 11.3 Å². The number of nitrogens with zero attached hydrogens (tertiary/aromatic N) is 1. The number of ether oxygens (including phenoxy) is 4. The Morgan fingerprint density at radius 1 is 0.912 bits per heavy atom. The molecule has 0 saturated carbocycles. The van der Waals surface area contributed by atoms with Gasteiger partial charge >= 0.3 is 11.9 Å². The number of hydrogen-bond acceptors (Lipinski definition) is 8. The maximum atomic E-state index is 12.5. The summed E-state index contributed by atoms with van der Waals surface area (Å²) in [5.74, 6) is -0.332. The molecule has 8 heteroatoms. The van der Waals surface area contributed by atoms with E-state index in [0.29, 0.717) is 28.2 Å². The number of rotatable bonds is 5. The first-order valence-electron chi connectivity index (χ1n) is 10.2. The first kappa shape index (κ1) is 22.4. The second-order valence-electron chi connectivity index (χ2n) is 7.36. The zero-order valence-corrected chi connectivity index (χ0v) is 18.4. The fourth-order valence-electron chi connectivity index (χ4n) is 3.66. The van der Waals surface area contributed by atoms with E-state index in [2.05, 4.69) is 6.07 Å². The molecule has 170 valence electrons. The topological polar surface area (TPSA) is 121 Å². The van der Waals surface area contributed by atoms with E-state index in [9.17, 15) is 14.9 Å². The van der Waals surface area contributed by atoms with Gasteiger partial charge < -0.3 is 24.7 Å². The van der Waals surface area contributed by atoms with Gasteiger partial charge in [-0.3, -0.25) is 0 Å². The van der Waals surface area contributed by atoms with E-state index < -0.39 is 17.9 Å². The van der Waals surface area contributed by atoms with Crippen molar-refractivity contribution in [3.63, 3.8) is 0 Å². The van der Waals surface area contributed by atoms with Crippen LogP contribution in [0.5, 0.6) is 17.2 Å². The zero-order chi connectivity index (χ0) is 24.2. The first-order chi connectivity index (χ1) is 16.4. The van der Waals surface area contributed by atoms with E-state index in [1.54, 1.807) is 73.8 Å². The number of allylic oxidation sites excluding steroid dienone is 1. The van der Waals surface area contributed by atoms with E-state index in [1.807, 2.05) is 0 Å². The predicted molar refractivity (Wildman–Crippen MR) is 121 cm³/mol. The van der Waals surface area contributed by atoms with E-state index in [4.69, 9.17) is 24.7 Å². The van der Waals surface area contributed by atoms with Gasteiger partial charge in [0.05, 0.1) is 31.3 Å². The maximum Gasteiger partial charge on any atom is 0.343 e. The molecule has 0 bridgehead atoms. The highest BCUT2D eigenvalue weighted by Crippen LogP contribution is 2.43. The van der Waals surface area contributed by atoms with Gasteiger partial charge in [0.15, 0.2) is 0 Å². The van der Waals surface area contributed by atoms with E-state index in [0.717, 1.165) is 5.56 Å². The maximum absolute atomic E-state index is 12.5. The van der Waals surface area contributed by atoms with Crippen molar-refractivity contribution in [1.29, 1.82) is 5.26 Å². The Labute approximate surface area is 195 Å². The third-order valence-corrected chi connectivity index (χ3v) is 5.39. The van der Waals surface area contributed by atoms with Gasteiger partial charge in [0.2, 0.25) is 5.88 Å². The highest BCUT2D eigenvalue weighted by molar-refractivity contribution is 5.91. The van der Waals surface area contributed by atoms with Crippen molar-refractivity contribution in [1.82, 2.24) is 0 Å². The number of carbonyl (C=O) groups excluding carboxylic acids is 2. The molecule has 1 unspecified atom stereocenters. The molecule has 0 aromatic heterocycles. The van der Waals surface area contributed by atoms with Gasteiger partial charge in [0, 0.05) is 11.6 Å². The third-order valence-electron chi connectivity index (χ3n) is 5.39. The Morgan fingerprint density at radius 2 is 1.53 bits per heavy atom. The number of nitrogens with two attached hydrogens (primary N) is 1. The molecule has 1 heterocycles. The van der Waals surface area contributed by atoms with E-state index in [-0.39, 0.29) is 17.2 Å². The summed E-state index contributed by atoms with van der Waals surface area (Å²) in [6.45, 7) is 0. The fourth-order valence-corrected chi connectivity index (χ4v) is 3.66. The number of hydrogen-bond donors (Lipinski definition) is 1. The summed E-state index contributed by atoms with van der Waals surface area (Å²) < 4.78 is 21.0. The molecule has 0 fully saturated rings. The average Bonchev–Trinajstić information content (AvgIpc) is 2.87. The minimum Gasteiger partial charge on any atom is -0.497 e. The van der Waals surface area contributed by atoms with Crippen molar-refractivity contribution < 1.29 is 28.5 Å². The highest BCUT2D eigenvalue weighted by atomic mass is 16.5. The van der Waals surface area contributed by atoms with Crippen molar-refractivity contribution in [3.05, 3.63) is 100 Å². The number of benzene rings is 3. The van der Waals surface area contributed by atoms with Gasteiger partial charge in [-0.2, -0.15) is 5.26 Å². The normalized spacial score (nSPS) is 14.3. The summed E-state index contributed by atoms with van der Waals surface area (Å²) in [5, 5.41) is 9.72. The second kappa shape index (κ2) is 9.38. The summed E-state index contributed by atoms with van der Waals surface area (Å²) in [5.41, 5.74) is 8.42. The Morgan fingerprint density at radius 3 is 2.15 bits per heavy atom. The van der Waals surface area contributed by atoms with Crippen molar-refractivity contribution in [2.75, 3.05) is 14.2 Å².